The zero-order valence-electron chi connectivity index (χ0n) is 24.1. The van der Waals surface area contributed by atoms with E-state index < -0.39 is 42.7 Å². The fraction of sp³-hybridized carbons (Fsp3) is 0.448. The van der Waals surface area contributed by atoms with Crippen molar-refractivity contribution in [3.05, 3.63) is 59.7 Å². The van der Waals surface area contributed by atoms with Gasteiger partial charge in [-0.3, -0.25) is 9.80 Å². The molecule has 0 aromatic heterocycles. The molecule has 0 aliphatic rings. The summed E-state index contributed by atoms with van der Waals surface area (Å²) in [5.41, 5.74) is 2.96. The number of halogens is 1. The molecular formula is C29H42ClN3O8. The van der Waals surface area contributed by atoms with E-state index in [1.807, 2.05) is 50.2 Å². The second-order valence-electron chi connectivity index (χ2n) is 9.67. The smallest absolute Gasteiger partial charge is 0.416 e. The summed E-state index contributed by atoms with van der Waals surface area (Å²) in [5.74, 6) is -0.748. The number of carbonyl (C=O) groups excluding carboxylic acids is 4. The first-order valence-electron chi connectivity index (χ1n) is 12.3. The van der Waals surface area contributed by atoms with Gasteiger partial charge in [0.05, 0.1) is 0 Å². The van der Waals surface area contributed by atoms with Crippen molar-refractivity contribution in [2.24, 2.45) is 0 Å². The number of nitrogens with zero attached hydrogens (tertiary/aromatic N) is 2. The van der Waals surface area contributed by atoms with Crippen LogP contribution >= 0.6 is 11.6 Å². The first-order valence-corrected chi connectivity index (χ1v) is 12.8. The third-order valence-electron chi connectivity index (χ3n) is 5.04. The van der Waals surface area contributed by atoms with E-state index in [1.54, 1.807) is 47.0 Å². The van der Waals surface area contributed by atoms with Crippen molar-refractivity contribution in [1.29, 1.82) is 0 Å². The standard InChI is InChI=1S/C18H26N2O6.C10H12ClNO2.CH4/c1-12-7-9-14(10-8-12)20(6)17(23)25-11-24-15(21)13(2)19-16(22)26-18(3,4)5;1-8-3-5-9(6-4-8)12(2)10(13)14-7-11;/h7-10,13H,11H2,1-6H3,(H,19,22);3-6H,7H2,1-2H3;1H4/t13-;;/m0../s1. The molecular weight excluding hydrogens is 554 g/mol. The van der Waals surface area contributed by atoms with Gasteiger partial charge in [0.2, 0.25) is 6.79 Å². The van der Waals surface area contributed by atoms with Crippen LogP contribution in [-0.2, 0) is 23.7 Å². The summed E-state index contributed by atoms with van der Waals surface area (Å²) in [4.78, 5) is 49.3. The van der Waals surface area contributed by atoms with Crippen molar-refractivity contribution in [1.82, 2.24) is 5.32 Å². The average molecular weight is 596 g/mol. The molecule has 3 amide bonds. The Morgan fingerprint density at radius 1 is 0.805 bits per heavy atom. The summed E-state index contributed by atoms with van der Waals surface area (Å²) in [7, 11) is 3.18. The molecule has 0 saturated heterocycles. The largest absolute Gasteiger partial charge is 0.444 e. The number of aryl methyl sites for hydroxylation is 2. The molecule has 12 heteroatoms. The van der Waals surface area contributed by atoms with Gasteiger partial charge in [0.1, 0.15) is 11.6 Å². The molecule has 1 atom stereocenters. The third-order valence-corrected chi connectivity index (χ3v) is 5.15. The monoisotopic (exact) mass is 595 g/mol. The van der Waals surface area contributed by atoms with Gasteiger partial charge >= 0.3 is 24.2 Å². The predicted molar refractivity (Wildman–Crippen MR) is 159 cm³/mol. The maximum Gasteiger partial charge on any atom is 0.416 e. The molecule has 0 bridgehead atoms. The van der Waals surface area contributed by atoms with Crippen molar-refractivity contribution in [2.75, 3.05) is 36.8 Å². The molecule has 0 unspecified atom stereocenters. The average Bonchev–Trinajstić information content (AvgIpc) is 2.88. The van der Waals surface area contributed by atoms with Crippen LogP contribution in [0.1, 0.15) is 46.2 Å². The van der Waals surface area contributed by atoms with Crippen molar-refractivity contribution in [3.8, 4) is 0 Å². The lowest BCUT2D eigenvalue weighted by molar-refractivity contribution is -0.153. The van der Waals surface area contributed by atoms with E-state index in [0.717, 1.165) is 16.8 Å². The SMILES string of the molecule is C.Cc1ccc(N(C)C(=O)OCCl)cc1.Cc1ccc(N(C)C(=O)OCOC(=O)[C@H](C)NC(=O)OC(C)(C)C)cc1. The van der Waals surface area contributed by atoms with Crippen molar-refractivity contribution >= 4 is 47.2 Å². The van der Waals surface area contributed by atoms with Gasteiger partial charge in [-0.25, -0.2) is 19.2 Å². The molecule has 0 saturated carbocycles. The molecule has 2 aromatic carbocycles. The lowest BCUT2D eigenvalue weighted by Gasteiger charge is -2.21. The predicted octanol–water partition coefficient (Wildman–Crippen LogP) is 6.38. The minimum absolute atomic E-state index is 0. The van der Waals surface area contributed by atoms with E-state index in [4.69, 9.17) is 25.8 Å². The molecule has 41 heavy (non-hydrogen) atoms. The topological polar surface area (TPSA) is 124 Å². The summed E-state index contributed by atoms with van der Waals surface area (Å²) in [6, 6.07) is 13.8. The summed E-state index contributed by atoms with van der Waals surface area (Å²) in [6.45, 7) is 9.92. The number of ether oxygens (including phenoxy) is 4. The van der Waals surface area contributed by atoms with Crippen LogP contribution in [0.5, 0.6) is 0 Å². The Morgan fingerprint density at radius 3 is 1.61 bits per heavy atom. The van der Waals surface area contributed by atoms with Crippen LogP contribution in [0.2, 0.25) is 0 Å². The zero-order chi connectivity index (χ0) is 30.5. The van der Waals surface area contributed by atoms with Gasteiger partial charge in [-0.2, -0.15) is 0 Å². The molecule has 1 N–H and O–H groups in total. The van der Waals surface area contributed by atoms with Gasteiger partial charge in [0, 0.05) is 25.5 Å². The molecule has 0 fully saturated rings. The Balaban J connectivity index is 0.000000901. The summed E-state index contributed by atoms with van der Waals surface area (Å²) >= 11 is 5.28. The molecule has 2 aromatic rings. The Hall–Kier alpha value is -3.99. The molecule has 11 nitrogen and oxygen atoms in total. The van der Waals surface area contributed by atoms with Crippen molar-refractivity contribution < 1.29 is 38.1 Å². The first kappa shape index (κ1) is 37.0. The highest BCUT2D eigenvalue weighted by Gasteiger charge is 2.22. The maximum absolute atomic E-state index is 11.9. The van der Waals surface area contributed by atoms with Crippen molar-refractivity contribution in [3.63, 3.8) is 0 Å². The lowest BCUT2D eigenvalue weighted by atomic mass is 10.2. The fourth-order valence-electron chi connectivity index (χ4n) is 2.79. The number of hydrogen-bond acceptors (Lipinski definition) is 8. The number of hydrogen-bond donors (Lipinski definition) is 1. The van der Waals surface area contributed by atoms with Crippen LogP contribution in [0.25, 0.3) is 0 Å². The van der Waals surface area contributed by atoms with Gasteiger partial charge < -0.3 is 24.3 Å². The highest BCUT2D eigenvalue weighted by molar-refractivity contribution is 6.17. The number of carbonyl (C=O) groups is 4. The van der Waals surface area contributed by atoms with Crippen LogP contribution in [0, 0.1) is 13.8 Å². The Labute approximate surface area is 247 Å². The first-order chi connectivity index (χ1) is 18.6. The molecule has 0 heterocycles. The maximum atomic E-state index is 11.9. The Morgan fingerprint density at radius 2 is 1.22 bits per heavy atom. The van der Waals surface area contributed by atoms with Gasteiger partial charge in [0.25, 0.3) is 0 Å². The lowest BCUT2D eigenvalue weighted by Crippen LogP contribution is -2.42. The highest BCUT2D eigenvalue weighted by atomic mass is 35.5. The number of esters is 1. The Kier molecular flexibility index (Phi) is 15.9. The molecule has 0 aliphatic heterocycles. The normalized spacial score (nSPS) is 10.9. The number of nitrogens with one attached hydrogen (secondary N) is 1. The van der Waals surface area contributed by atoms with Crippen LogP contribution in [0.4, 0.5) is 25.8 Å². The zero-order valence-corrected chi connectivity index (χ0v) is 24.9. The fourth-order valence-corrected chi connectivity index (χ4v) is 2.89. The molecule has 0 aliphatic carbocycles. The summed E-state index contributed by atoms with van der Waals surface area (Å²) in [5, 5.41) is 2.34. The number of alkyl carbamates (subject to hydrolysis) is 1. The second kappa shape index (κ2) is 17.6. The Bertz CT molecular complexity index is 1120. The van der Waals surface area contributed by atoms with Crippen LogP contribution < -0.4 is 15.1 Å². The molecule has 0 spiro atoms. The molecule has 228 valence electrons. The van der Waals surface area contributed by atoms with Gasteiger partial charge in [-0.05, 0) is 65.8 Å². The van der Waals surface area contributed by atoms with E-state index in [1.165, 1.54) is 16.7 Å². The van der Waals surface area contributed by atoms with E-state index in [0.29, 0.717) is 5.69 Å². The van der Waals surface area contributed by atoms with E-state index in [-0.39, 0.29) is 13.5 Å². The number of amides is 3. The van der Waals surface area contributed by atoms with E-state index in [2.05, 4.69) is 10.1 Å². The van der Waals surface area contributed by atoms with Crippen LogP contribution in [0.3, 0.4) is 0 Å². The van der Waals surface area contributed by atoms with Gasteiger partial charge in [-0.15, -0.1) is 0 Å². The number of benzene rings is 2. The van der Waals surface area contributed by atoms with E-state index in [9.17, 15) is 19.2 Å². The number of anilines is 2. The number of alkyl halides is 1. The van der Waals surface area contributed by atoms with Gasteiger partial charge in [-0.1, -0.05) is 54.4 Å². The van der Waals surface area contributed by atoms with Gasteiger partial charge in [0.15, 0.2) is 6.07 Å². The summed E-state index contributed by atoms with van der Waals surface area (Å²) < 4.78 is 19.4. The minimum Gasteiger partial charge on any atom is -0.444 e. The molecule has 0 radical (unpaired) electrons. The summed E-state index contributed by atoms with van der Waals surface area (Å²) in [6.07, 6.45) is -1.86. The second-order valence-corrected chi connectivity index (χ2v) is 9.89. The van der Waals surface area contributed by atoms with Crippen molar-refractivity contribution in [2.45, 2.75) is 60.6 Å². The van der Waals surface area contributed by atoms with Crippen LogP contribution in [0.15, 0.2) is 48.5 Å². The van der Waals surface area contributed by atoms with Crippen LogP contribution in [-0.4, -0.2) is 62.8 Å². The quantitative estimate of drug-likeness (QED) is 0.169. The minimum atomic E-state index is -0.946. The highest BCUT2D eigenvalue weighted by Crippen LogP contribution is 2.15. The number of rotatable bonds is 7. The van der Waals surface area contributed by atoms with E-state index >= 15 is 0 Å². The molecule has 2 rings (SSSR count). The third kappa shape index (κ3) is 14.3.